The summed E-state index contributed by atoms with van der Waals surface area (Å²) in [6.07, 6.45) is 4.49. The van der Waals surface area contributed by atoms with Gasteiger partial charge in [-0.2, -0.15) is 9.57 Å². The molecular weight excluding hydrogens is 364 g/mol. The van der Waals surface area contributed by atoms with E-state index < -0.39 is 10.0 Å². The normalized spacial score (nSPS) is 21.4. The number of nitrogens with zero attached hydrogens (tertiary/aromatic N) is 4. The predicted octanol–water partition coefficient (Wildman–Crippen LogP) is 1.27. The van der Waals surface area contributed by atoms with E-state index in [9.17, 15) is 13.2 Å². The molecule has 1 atom stereocenters. The maximum Gasteiger partial charge on any atom is 0.243 e. The Balaban J connectivity index is 1.62. The summed E-state index contributed by atoms with van der Waals surface area (Å²) < 4.78 is 26.5. The molecule has 27 heavy (non-hydrogen) atoms. The first kappa shape index (κ1) is 19.8. The molecule has 1 amide bonds. The number of amides is 1. The van der Waals surface area contributed by atoms with Gasteiger partial charge in [0.15, 0.2) is 0 Å². The lowest BCUT2D eigenvalue weighted by atomic mass is 10.0. The van der Waals surface area contributed by atoms with Crippen molar-refractivity contribution in [2.45, 2.75) is 36.6 Å². The van der Waals surface area contributed by atoms with Crippen LogP contribution < -0.4 is 0 Å². The molecule has 0 bridgehead atoms. The number of benzene rings is 1. The van der Waals surface area contributed by atoms with E-state index in [1.807, 2.05) is 6.07 Å². The largest absolute Gasteiger partial charge is 0.340 e. The van der Waals surface area contributed by atoms with Crippen molar-refractivity contribution in [3.63, 3.8) is 0 Å². The lowest BCUT2D eigenvalue weighted by molar-refractivity contribution is -0.133. The number of rotatable bonds is 5. The Kier molecular flexibility index (Phi) is 6.15. The Bertz CT molecular complexity index is 810. The average molecular weight is 391 g/mol. The summed E-state index contributed by atoms with van der Waals surface area (Å²) in [4.78, 5) is 17.1. The van der Waals surface area contributed by atoms with Gasteiger partial charge in [-0.3, -0.25) is 9.69 Å². The van der Waals surface area contributed by atoms with E-state index in [-0.39, 0.29) is 17.3 Å². The first-order valence-electron chi connectivity index (χ1n) is 9.40. The van der Waals surface area contributed by atoms with Crippen molar-refractivity contribution >= 4 is 15.9 Å². The molecule has 8 heteroatoms. The molecule has 1 aromatic carbocycles. The molecular formula is C19H26N4O3S. The third-order valence-corrected chi connectivity index (χ3v) is 7.27. The van der Waals surface area contributed by atoms with Gasteiger partial charge in [-0.1, -0.05) is 0 Å². The lowest BCUT2D eigenvalue weighted by Gasteiger charge is -2.38. The van der Waals surface area contributed by atoms with Gasteiger partial charge in [0.05, 0.1) is 23.1 Å². The highest BCUT2D eigenvalue weighted by Crippen LogP contribution is 2.21. The van der Waals surface area contributed by atoms with Gasteiger partial charge in [0.2, 0.25) is 15.9 Å². The minimum Gasteiger partial charge on any atom is -0.340 e. The van der Waals surface area contributed by atoms with Crippen molar-refractivity contribution in [3.8, 4) is 6.07 Å². The molecule has 2 fully saturated rings. The van der Waals surface area contributed by atoms with Gasteiger partial charge in [0.1, 0.15) is 0 Å². The molecule has 0 radical (unpaired) electrons. The summed E-state index contributed by atoms with van der Waals surface area (Å²) in [7, 11) is -2.34. The van der Waals surface area contributed by atoms with Crippen molar-refractivity contribution < 1.29 is 13.2 Å². The number of nitriles is 1. The first-order chi connectivity index (χ1) is 12.9. The Morgan fingerprint density at radius 2 is 1.85 bits per heavy atom. The van der Waals surface area contributed by atoms with E-state index >= 15 is 0 Å². The number of piperidine rings is 1. The number of sulfonamides is 1. The van der Waals surface area contributed by atoms with Crippen LogP contribution in [0, 0.1) is 11.3 Å². The van der Waals surface area contributed by atoms with E-state index in [4.69, 9.17) is 5.26 Å². The fraction of sp³-hybridized carbons (Fsp3) is 0.579. The molecule has 0 N–H and O–H groups in total. The van der Waals surface area contributed by atoms with Crippen LogP contribution in [0.15, 0.2) is 29.2 Å². The van der Waals surface area contributed by atoms with Gasteiger partial charge in [-0.25, -0.2) is 8.42 Å². The highest BCUT2D eigenvalue weighted by atomic mass is 32.2. The molecule has 2 heterocycles. The average Bonchev–Trinajstić information content (AvgIpc) is 3.23. The number of likely N-dealkylation sites (tertiary alicyclic amines) is 2. The van der Waals surface area contributed by atoms with E-state index in [0.29, 0.717) is 24.7 Å². The van der Waals surface area contributed by atoms with Gasteiger partial charge in [-0.15, -0.1) is 0 Å². The second kappa shape index (κ2) is 8.38. The minimum atomic E-state index is -3.76. The van der Waals surface area contributed by atoms with Gasteiger partial charge in [0.25, 0.3) is 0 Å². The molecule has 0 aliphatic carbocycles. The smallest absolute Gasteiger partial charge is 0.243 e. The van der Waals surface area contributed by atoms with Crippen LogP contribution in [0.3, 0.4) is 0 Å². The molecule has 2 aliphatic heterocycles. The zero-order chi connectivity index (χ0) is 19.4. The van der Waals surface area contributed by atoms with Crippen molar-refractivity contribution in [2.24, 2.45) is 0 Å². The van der Waals surface area contributed by atoms with Crippen LogP contribution in [0.25, 0.3) is 0 Å². The molecule has 0 aromatic heterocycles. The lowest BCUT2D eigenvalue weighted by Crippen LogP contribution is -2.51. The van der Waals surface area contributed by atoms with E-state index in [0.717, 1.165) is 30.2 Å². The Morgan fingerprint density at radius 3 is 2.48 bits per heavy atom. The zero-order valence-electron chi connectivity index (χ0n) is 15.7. The Hall–Kier alpha value is -1.95. The van der Waals surface area contributed by atoms with Crippen molar-refractivity contribution in [1.29, 1.82) is 5.26 Å². The van der Waals surface area contributed by atoms with Crippen molar-refractivity contribution in [1.82, 2.24) is 14.1 Å². The highest BCUT2D eigenvalue weighted by Gasteiger charge is 2.31. The third kappa shape index (κ3) is 4.49. The molecule has 7 nitrogen and oxygen atoms in total. The van der Waals surface area contributed by atoms with Crippen LogP contribution in [-0.2, 0) is 14.8 Å². The standard InChI is InChI=1S/C19H26N4O3S/c1-21(27(25,26)18-8-6-16(13-20)7-9-18)15-19(24)23-12-4-5-17(14-23)22-10-2-3-11-22/h6-9,17H,2-5,10-12,14-15H2,1H3. The van der Waals surface area contributed by atoms with E-state index in [2.05, 4.69) is 4.90 Å². The predicted molar refractivity (Wildman–Crippen MR) is 101 cm³/mol. The molecule has 3 rings (SSSR count). The summed E-state index contributed by atoms with van der Waals surface area (Å²) in [5.74, 6) is -0.154. The molecule has 2 saturated heterocycles. The van der Waals surface area contributed by atoms with Gasteiger partial charge >= 0.3 is 0 Å². The second-order valence-corrected chi connectivity index (χ2v) is 9.32. The van der Waals surface area contributed by atoms with Crippen molar-refractivity contribution in [3.05, 3.63) is 29.8 Å². The van der Waals surface area contributed by atoms with E-state index in [1.165, 1.54) is 44.2 Å². The summed E-state index contributed by atoms with van der Waals surface area (Å²) in [5, 5.41) is 8.84. The first-order valence-corrected chi connectivity index (χ1v) is 10.8. The Morgan fingerprint density at radius 1 is 1.19 bits per heavy atom. The van der Waals surface area contributed by atoms with Gasteiger partial charge < -0.3 is 4.90 Å². The minimum absolute atomic E-state index is 0.0883. The fourth-order valence-corrected chi connectivity index (χ4v) is 4.96. The number of hydrogen-bond acceptors (Lipinski definition) is 5. The van der Waals surface area contributed by atoms with E-state index in [1.54, 1.807) is 4.90 Å². The topological polar surface area (TPSA) is 84.7 Å². The summed E-state index contributed by atoms with van der Waals surface area (Å²) in [6, 6.07) is 8.09. The molecule has 2 aliphatic rings. The maximum atomic E-state index is 12.7. The molecule has 0 spiro atoms. The quantitative estimate of drug-likeness (QED) is 0.756. The number of carbonyl (C=O) groups excluding carboxylic acids is 1. The monoisotopic (exact) mass is 390 g/mol. The third-order valence-electron chi connectivity index (χ3n) is 5.46. The van der Waals surface area contributed by atoms with Crippen LogP contribution in [0.2, 0.25) is 0 Å². The van der Waals surface area contributed by atoms with Crippen LogP contribution in [0.4, 0.5) is 0 Å². The SMILES string of the molecule is CN(CC(=O)N1CCCC(N2CCCC2)C1)S(=O)(=O)c1ccc(C#N)cc1. The summed E-state index contributed by atoms with van der Waals surface area (Å²) in [6.45, 7) is 3.39. The molecule has 0 saturated carbocycles. The van der Waals surface area contributed by atoms with Crippen LogP contribution >= 0.6 is 0 Å². The van der Waals surface area contributed by atoms with Crippen LogP contribution in [0.5, 0.6) is 0 Å². The second-order valence-electron chi connectivity index (χ2n) is 7.28. The van der Waals surface area contributed by atoms with Gasteiger partial charge in [0, 0.05) is 26.2 Å². The Labute approximate surface area is 161 Å². The number of likely N-dealkylation sites (N-methyl/N-ethyl adjacent to an activating group) is 1. The zero-order valence-corrected chi connectivity index (χ0v) is 16.5. The van der Waals surface area contributed by atoms with Crippen LogP contribution in [-0.4, -0.2) is 74.2 Å². The van der Waals surface area contributed by atoms with Crippen LogP contribution in [0.1, 0.15) is 31.2 Å². The summed E-state index contributed by atoms with van der Waals surface area (Å²) in [5.41, 5.74) is 0.397. The molecule has 1 unspecified atom stereocenters. The van der Waals surface area contributed by atoms with Crippen molar-refractivity contribution in [2.75, 3.05) is 39.8 Å². The van der Waals surface area contributed by atoms with Gasteiger partial charge in [-0.05, 0) is 63.0 Å². The molecule has 1 aromatic rings. The number of carbonyl (C=O) groups is 1. The highest BCUT2D eigenvalue weighted by molar-refractivity contribution is 7.89. The maximum absolute atomic E-state index is 12.7. The number of hydrogen-bond donors (Lipinski definition) is 0. The molecule has 146 valence electrons. The fourth-order valence-electron chi connectivity index (χ4n) is 3.84. The summed E-state index contributed by atoms with van der Waals surface area (Å²) >= 11 is 0.